The van der Waals surface area contributed by atoms with Crippen molar-refractivity contribution in [1.82, 2.24) is 25.7 Å². The minimum atomic E-state index is -4.81. The number of fused-ring (bicyclic) bond motifs is 1. The molecule has 4 aromatic rings. The van der Waals surface area contributed by atoms with Crippen molar-refractivity contribution >= 4 is 10.9 Å². The Morgan fingerprint density at radius 2 is 1.79 bits per heavy atom. The molecular weight excluding hydrogens is 559 g/mol. The topological polar surface area (TPSA) is 144 Å². The lowest BCUT2D eigenvalue weighted by Gasteiger charge is -2.36. The predicted molar refractivity (Wildman–Crippen MR) is 144 cm³/mol. The maximum atomic E-state index is 12.7. The van der Waals surface area contributed by atoms with E-state index in [4.69, 9.17) is 19.3 Å². The summed E-state index contributed by atoms with van der Waals surface area (Å²) in [6.45, 7) is 1.33. The summed E-state index contributed by atoms with van der Waals surface area (Å²) >= 11 is 0. The van der Waals surface area contributed by atoms with Gasteiger partial charge in [-0.1, -0.05) is 0 Å². The minimum absolute atomic E-state index is 0.0353. The van der Waals surface area contributed by atoms with E-state index in [9.17, 15) is 18.3 Å². The van der Waals surface area contributed by atoms with Crippen LogP contribution in [0, 0.1) is 5.92 Å². The summed E-state index contributed by atoms with van der Waals surface area (Å²) < 4.78 is 59.2. The third-order valence-corrected chi connectivity index (χ3v) is 6.70. The number of aliphatic hydroxyl groups is 1. The van der Waals surface area contributed by atoms with Gasteiger partial charge in [0.1, 0.15) is 30.5 Å². The molecule has 0 spiro atoms. The lowest BCUT2D eigenvalue weighted by Crippen LogP contribution is -2.42. The second kappa shape index (κ2) is 13.2. The number of benzene rings is 2. The highest BCUT2D eigenvalue weighted by atomic mass is 19.4. The van der Waals surface area contributed by atoms with Gasteiger partial charge in [0.05, 0.1) is 36.5 Å². The summed E-state index contributed by atoms with van der Waals surface area (Å²) in [5.74, 6) is 0.633. The van der Waals surface area contributed by atoms with Crippen molar-refractivity contribution in [3.05, 3.63) is 54.4 Å². The number of rotatable bonds is 14. The lowest BCUT2D eigenvalue weighted by molar-refractivity contribution is -0.274. The molecule has 4 N–H and O–H groups in total. The van der Waals surface area contributed by atoms with Crippen molar-refractivity contribution in [1.29, 1.82) is 0 Å². The van der Waals surface area contributed by atoms with Crippen LogP contribution in [-0.4, -0.2) is 76.0 Å². The average Bonchev–Trinajstić information content (AvgIpc) is 3.40. The van der Waals surface area contributed by atoms with Gasteiger partial charge < -0.3 is 34.5 Å². The Labute approximate surface area is 238 Å². The third kappa shape index (κ3) is 7.99. The average molecular weight is 590 g/mol. The molecule has 1 saturated carbocycles. The number of halogens is 3. The smallest absolute Gasteiger partial charge is 0.492 e. The monoisotopic (exact) mass is 589 g/mol. The first-order valence-electron chi connectivity index (χ1n) is 13.3. The van der Waals surface area contributed by atoms with Crippen LogP contribution in [0.25, 0.3) is 22.0 Å². The summed E-state index contributed by atoms with van der Waals surface area (Å²) in [6.07, 6.45) is 0.164. The molecule has 0 saturated heterocycles. The number of alkyl halides is 3. The molecule has 0 unspecified atom stereocenters. The Bertz CT molecular complexity index is 1480. The summed E-state index contributed by atoms with van der Waals surface area (Å²) in [5.41, 5.74) is 2.83. The molecule has 14 heteroatoms. The van der Waals surface area contributed by atoms with E-state index in [-0.39, 0.29) is 36.6 Å². The van der Waals surface area contributed by atoms with E-state index >= 15 is 0 Å². The van der Waals surface area contributed by atoms with Gasteiger partial charge in [-0.3, -0.25) is 5.10 Å². The van der Waals surface area contributed by atoms with Crippen molar-refractivity contribution in [2.45, 2.75) is 31.8 Å². The zero-order valence-corrected chi connectivity index (χ0v) is 22.4. The Balaban J connectivity index is 1.05. The maximum absolute atomic E-state index is 12.7. The fraction of sp³-hybridized carbons (Fsp3) is 0.393. The van der Waals surface area contributed by atoms with Crippen LogP contribution in [0.1, 0.15) is 18.4 Å². The first kappa shape index (κ1) is 29.4. The van der Waals surface area contributed by atoms with Crippen molar-refractivity contribution in [2.75, 3.05) is 33.0 Å². The van der Waals surface area contributed by atoms with Crippen molar-refractivity contribution < 1.29 is 42.3 Å². The molecule has 0 bridgehead atoms. The van der Waals surface area contributed by atoms with Crippen LogP contribution in [0.15, 0.2) is 48.8 Å². The Morgan fingerprint density at radius 3 is 2.57 bits per heavy atom. The summed E-state index contributed by atoms with van der Waals surface area (Å²) in [4.78, 5) is 0. The highest BCUT2D eigenvalue weighted by molar-refractivity contribution is 5.89. The molecule has 5 rings (SSSR count). The number of H-pyrrole nitrogens is 1. The highest BCUT2D eigenvalue weighted by Gasteiger charge is 2.32. The van der Waals surface area contributed by atoms with E-state index in [0.29, 0.717) is 49.2 Å². The molecule has 0 amide bonds. The van der Waals surface area contributed by atoms with Gasteiger partial charge in [-0.05, 0) is 54.2 Å². The van der Waals surface area contributed by atoms with Crippen LogP contribution in [0.2, 0.25) is 0 Å². The van der Waals surface area contributed by atoms with Gasteiger partial charge >= 0.3 is 6.36 Å². The number of nitrogens with zero attached hydrogens (tertiary/aromatic N) is 3. The van der Waals surface area contributed by atoms with E-state index in [1.807, 2.05) is 12.1 Å². The Kier molecular flexibility index (Phi) is 9.25. The van der Waals surface area contributed by atoms with Gasteiger partial charge in [0, 0.05) is 36.9 Å². The summed E-state index contributed by atoms with van der Waals surface area (Å²) in [5, 5.41) is 37.2. The maximum Gasteiger partial charge on any atom is 0.573 e. The second-order valence-corrected chi connectivity index (χ2v) is 9.88. The fourth-order valence-electron chi connectivity index (χ4n) is 4.75. The Hall–Kier alpha value is -4.14. The standard InChI is InChI=1S/C28H30F3N5O6/c29-28(30,31)42-23-8-17(7-22(12-23)40-2-1-37)13-32-21-5-18(6-21)16-39-3-4-41-26-10-19(9-25-24(26)15-34-35-25)20-11-27(38)36-33-14-20/h7-12,14-15,18,21,32,37H,1-6,13,16H2,(H,34,35)(H,36,38). The molecule has 42 heavy (non-hydrogen) atoms. The quantitative estimate of drug-likeness (QED) is 0.160. The number of aromatic hydroxyl groups is 1. The predicted octanol–water partition coefficient (Wildman–Crippen LogP) is 3.96. The van der Waals surface area contributed by atoms with E-state index < -0.39 is 6.36 Å². The number of aliphatic hydroxyl groups excluding tert-OH is 1. The SMILES string of the molecule is OCCOc1cc(CNC2CC(COCCOc3cc(-c4cnnc(O)c4)cc4[nH]ncc34)C2)cc(OC(F)(F)F)c1. The molecule has 1 fully saturated rings. The van der Waals surface area contributed by atoms with Crippen LogP contribution in [-0.2, 0) is 11.3 Å². The first-order valence-corrected chi connectivity index (χ1v) is 13.3. The van der Waals surface area contributed by atoms with Crippen molar-refractivity contribution in [2.24, 2.45) is 5.92 Å². The van der Waals surface area contributed by atoms with Gasteiger partial charge in [0.15, 0.2) is 0 Å². The molecule has 0 radical (unpaired) electrons. The Morgan fingerprint density at radius 1 is 0.952 bits per heavy atom. The molecule has 1 aliphatic rings. The molecular formula is C28H30F3N5O6. The zero-order valence-electron chi connectivity index (χ0n) is 22.4. The normalized spacial score (nSPS) is 16.8. The van der Waals surface area contributed by atoms with Crippen molar-refractivity contribution in [3.8, 4) is 34.3 Å². The summed E-state index contributed by atoms with van der Waals surface area (Å²) in [7, 11) is 0. The lowest BCUT2D eigenvalue weighted by atomic mass is 9.81. The number of ether oxygens (including phenoxy) is 4. The minimum Gasteiger partial charge on any atom is -0.492 e. The second-order valence-electron chi connectivity index (χ2n) is 9.88. The fourth-order valence-corrected chi connectivity index (χ4v) is 4.75. The molecule has 2 heterocycles. The molecule has 11 nitrogen and oxygen atoms in total. The number of aromatic amines is 1. The van der Waals surface area contributed by atoms with E-state index in [0.717, 1.165) is 35.4 Å². The molecule has 224 valence electrons. The largest absolute Gasteiger partial charge is 0.573 e. The van der Waals surface area contributed by atoms with Crippen LogP contribution < -0.4 is 19.5 Å². The van der Waals surface area contributed by atoms with Crippen LogP contribution in [0.5, 0.6) is 23.1 Å². The van der Waals surface area contributed by atoms with E-state index in [1.54, 1.807) is 18.5 Å². The highest BCUT2D eigenvalue weighted by Crippen LogP contribution is 2.33. The summed E-state index contributed by atoms with van der Waals surface area (Å²) in [6, 6.07) is 9.55. The number of hydrogen-bond acceptors (Lipinski definition) is 10. The molecule has 2 aromatic carbocycles. The number of aromatic nitrogens is 4. The van der Waals surface area contributed by atoms with Gasteiger partial charge in [0.2, 0.25) is 5.88 Å². The van der Waals surface area contributed by atoms with Gasteiger partial charge in [-0.2, -0.15) is 10.2 Å². The van der Waals surface area contributed by atoms with Crippen molar-refractivity contribution in [3.63, 3.8) is 0 Å². The third-order valence-electron chi connectivity index (χ3n) is 6.70. The number of nitrogens with one attached hydrogen (secondary N) is 2. The zero-order chi connectivity index (χ0) is 29.5. The first-order chi connectivity index (χ1) is 20.3. The van der Waals surface area contributed by atoms with Crippen LogP contribution in [0.4, 0.5) is 13.2 Å². The van der Waals surface area contributed by atoms with Gasteiger partial charge in [-0.15, -0.1) is 18.3 Å². The van der Waals surface area contributed by atoms with Crippen LogP contribution in [0.3, 0.4) is 0 Å². The molecule has 0 atom stereocenters. The van der Waals surface area contributed by atoms with Gasteiger partial charge in [0.25, 0.3) is 0 Å². The molecule has 2 aromatic heterocycles. The van der Waals surface area contributed by atoms with Crippen LogP contribution >= 0.6 is 0 Å². The van der Waals surface area contributed by atoms with Gasteiger partial charge in [-0.25, -0.2) is 0 Å². The molecule has 0 aliphatic heterocycles. The molecule has 1 aliphatic carbocycles. The van der Waals surface area contributed by atoms with E-state index in [1.165, 1.54) is 12.1 Å². The number of hydrogen-bond donors (Lipinski definition) is 4. The van der Waals surface area contributed by atoms with E-state index in [2.05, 4.69) is 30.4 Å².